The van der Waals surface area contributed by atoms with Gasteiger partial charge in [-0.25, -0.2) is 13.2 Å². The molecule has 35 heavy (non-hydrogen) atoms. The molecular weight excluding hydrogens is 468 g/mol. The summed E-state index contributed by atoms with van der Waals surface area (Å²) in [4.78, 5) is 36.5. The van der Waals surface area contributed by atoms with Crippen LogP contribution in [0.5, 0.6) is 0 Å². The lowest BCUT2D eigenvalue weighted by molar-refractivity contribution is -0.123. The van der Waals surface area contributed by atoms with Gasteiger partial charge in [-0.05, 0) is 81.8 Å². The van der Waals surface area contributed by atoms with Crippen LogP contribution in [0, 0.1) is 13.8 Å². The first kappa shape index (κ1) is 25.6. The smallest absolute Gasteiger partial charge is 0.339 e. The molecule has 3 rings (SSSR count). The number of hydrogen-bond donors (Lipinski definition) is 2. The van der Waals surface area contributed by atoms with Crippen molar-refractivity contribution < 1.29 is 27.5 Å². The number of Topliss-reactive ketones (excluding diaryl/α,β-unsaturated/α-hetero) is 1. The van der Waals surface area contributed by atoms with Crippen LogP contribution in [-0.2, 0) is 19.6 Å². The van der Waals surface area contributed by atoms with Crippen molar-refractivity contribution in [2.24, 2.45) is 0 Å². The number of benzene rings is 3. The van der Waals surface area contributed by atoms with Gasteiger partial charge in [0.25, 0.3) is 15.9 Å². The number of hydrogen-bond acceptors (Lipinski definition) is 6. The Balaban J connectivity index is 1.71. The maximum Gasteiger partial charge on any atom is 0.339 e. The van der Waals surface area contributed by atoms with Gasteiger partial charge in [-0.2, -0.15) is 0 Å². The molecule has 0 saturated carbocycles. The minimum atomic E-state index is -3.96. The quantitative estimate of drug-likeness (QED) is 0.352. The van der Waals surface area contributed by atoms with E-state index in [4.69, 9.17) is 4.74 Å². The summed E-state index contributed by atoms with van der Waals surface area (Å²) >= 11 is 0. The van der Waals surface area contributed by atoms with Crippen molar-refractivity contribution in [2.75, 3.05) is 10.0 Å². The number of rotatable bonds is 8. The average molecular weight is 495 g/mol. The van der Waals surface area contributed by atoms with Gasteiger partial charge in [-0.15, -0.1) is 0 Å². The summed E-state index contributed by atoms with van der Waals surface area (Å²) in [5.74, 6) is -1.50. The van der Waals surface area contributed by atoms with Gasteiger partial charge in [-0.3, -0.25) is 14.3 Å². The molecule has 0 bridgehead atoms. The molecule has 0 aliphatic heterocycles. The van der Waals surface area contributed by atoms with E-state index in [2.05, 4.69) is 10.0 Å². The van der Waals surface area contributed by atoms with Crippen LogP contribution in [0.3, 0.4) is 0 Å². The van der Waals surface area contributed by atoms with Crippen molar-refractivity contribution in [3.63, 3.8) is 0 Å². The van der Waals surface area contributed by atoms with Crippen LogP contribution in [0.25, 0.3) is 0 Å². The van der Waals surface area contributed by atoms with Gasteiger partial charge < -0.3 is 10.1 Å². The molecule has 0 aromatic heterocycles. The summed E-state index contributed by atoms with van der Waals surface area (Å²) in [7, 11) is -3.96. The highest BCUT2D eigenvalue weighted by Gasteiger charge is 2.23. The molecule has 1 amide bonds. The molecular formula is C26H26N2O6S. The fourth-order valence-electron chi connectivity index (χ4n) is 3.13. The fraction of sp³-hybridized carbons (Fsp3) is 0.192. The summed E-state index contributed by atoms with van der Waals surface area (Å²) in [5.41, 5.74) is 2.85. The zero-order valence-electron chi connectivity index (χ0n) is 19.8. The molecule has 0 spiro atoms. The lowest BCUT2D eigenvalue weighted by Crippen LogP contribution is -2.30. The van der Waals surface area contributed by atoms with E-state index in [0.29, 0.717) is 22.5 Å². The molecule has 8 nitrogen and oxygen atoms in total. The molecule has 0 heterocycles. The predicted molar refractivity (Wildman–Crippen MR) is 133 cm³/mol. The molecule has 0 saturated heterocycles. The van der Waals surface area contributed by atoms with Crippen LogP contribution >= 0.6 is 0 Å². The third-order valence-corrected chi connectivity index (χ3v) is 6.63. The Labute approximate surface area is 204 Å². The molecule has 2 N–H and O–H groups in total. The van der Waals surface area contributed by atoms with E-state index in [0.717, 1.165) is 5.56 Å². The average Bonchev–Trinajstić information content (AvgIpc) is 2.80. The lowest BCUT2D eigenvalue weighted by atomic mass is 10.1. The van der Waals surface area contributed by atoms with Crippen LogP contribution in [0.1, 0.15) is 45.7 Å². The van der Waals surface area contributed by atoms with E-state index in [1.54, 1.807) is 55.5 Å². The number of anilines is 2. The van der Waals surface area contributed by atoms with E-state index in [9.17, 15) is 22.8 Å². The summed E-state index contributed by atoms with van der Waals surface area (Å²) in [6.07, 6.45) is -1.15. The Kier molecular flexibility index (Phi) is 7.71. The molecule has 9 heteroatoms. The van der Waals surface area contributed by atoms with Gasteiger partial charge in [0, 0.05) is 16.9 Å². The molecule has 0 aliphatic carbocycles. The first-order valence-corrected chi connectivity index (χ1v) is 12.3. The highest BCUT2D eigenvalue weighted by molar-refractivity contribution is 7.92. The van der Waals surface area contributed by atoms with Gasteiger partial charge >= 0.3 is 5.97 Å². The number of aryl methyl sites for hydroxylation is 2. The van der Waals surface area contributed by atoms with Crippen LogP contribution in [0.15, 0.2) is 71.6 Å². The third-order valence-electron chi connectivity index (χ3n) is 5.26. The van der Waals surface area contributed by atoms with Crippen molar-refractivity contribution in [3.05, 3.63) is 89.0 Å². The highest BCUT2D eigenvalue weighted by Crippen LogP contribution is 2.21. The zero-order valence-corrected chi connectivity index (χ0v) is 20.6. The van der Waals surface area contributed by atoms with Crippen molar-refractivity contribution in [3.8, 4) is 0 Å². The number of nitrogens with one attached hydrogen (secondary N) is 2. The Morgan fingerprint density at radius 3 is 2.06 bits per heavy atom. The fourth-order valence-corrected chi connectivity index (χ4v) is 4.22. The molecule has 0 radical (unpaired) electrons. The topological polar surface area (TPSA) is 119 Å². The zero-order chi connectivity index (χ0) is 25.8. The monoisotopic (exact) mass is 494 g/mol. The Hall–Kier alpha value is -3.98. The third kappa shape index (κ3) is 6.54. The Morgan fingerprint density at radius 1 is 0.857 bits per heavy atom. The van der Waals surface area contributed by atoms with E-state index in [-0.39, 0.29) is 16.2 Å². The summed E-state index contributed by atoms with van der Waals surface area (Å²) < 4.78 is 33.4. The first-order chi connectivity index (χ1) is 16.5. The summed E-state index contributed by atoms with van der Waals surface area (Å²) in [5, 5.41) is 2.61. The first-order valence-electron chi connectivity index (χ1n) is 10.8. The highest BCUT2D eigenvalue weighted by atomic mass is 32.2. The second-order valence-electron chi connectivity index (χ2n) is 8.12. The number of carbonyl (C=O) groups is 3. The van der Waals surface area contributed by atoms with E-state index >= 15 is 0 Å². The number of ether oxygens (including phenoxy) is 1. The van der Waals surface area contributed by atoms with Gasteiger partial charge in [0.05, 0.1) is 10.5 Å². The second kappa shape index (κ2) is 10.5. The number of ketones is 1. The summed E-state index contributed by atoms with van der Waals surface area (Å²) in [6, 6.07) is 17.3. The van der Waals surface area contributed by atoms with Crippen molar-refractivity contribution >= 4 is 39.1 Å². The minimum absolute atomic E-state index is 0.0299. The number of carbonyl (C=O) groups excluding carboxylic acids is 3. The van der Waals surface area contributed by atoms with Crippen molar-refractivity contribution in [2.45, 2.75) is 38.7 Å². The largest absolute Gasteiger partial charge is 0.449 e. The van der Waals surface area contributed by atoms with Crippen molar-refractivity contribution in [1.82, 2.24) is 0 Å². The molecule has 3 aromatic rings. The molecule has 3 aromatic carbocycles. The van der Waals surface area contributed by atoms with E-state index in [1.807, 2.05) is 6.92 Å². The van der Waals surface area contributed by atoms with Gasteiger partial charge in [0.15, 0.2) is 11.9 Å². The molecule has 0 fully saturated rings. The molecule has 1 atom stereocenters. The Bertz CT molecular complexity index is 1360. The number of sulfonamides is 1. The second-order valence-corrected chi connectivity index (χ2v) is 9.80. The lowest BCUT2D eigenvalue weighted by Gasteiger charge is -2.15. The van der Waals surface area contributed by atoms with Gasteiger partial charge in [-0.1, -0.05) is 23.8 Å². The molecule has 182 valence electrons. The van der Waals surface area contributed by atoms with Crippen LogP contribution < -0.4 is 10.0 Å². The summed E-state index contributed by atoms with van der Waals surface area (Å²) in [6.45, 7) is 6.38. The standard InChI is InChI=1S/C26H26N2O6S/c1-16-5-10-22(11-6-16)28-35(32,33)23-14-7-17(2)24(15-23)26(31)34-19(4)25(30)27-21-12-8-20(9-13-21)18(3)29/h5-15,19,28H,1-4H3,(H,27,30)/t19-/m1/s1. The van der Waals surface area contributed by atoms with Crippen LogP contribution in [-0.4, -0.2) is 32.2 Å². The van der Waals surface area contributed by atoms with Crippen LogP contribution in [0.2, 0.25) is 0 Å². The SMILES string of the molecule is CC(=O)c1ccc(NC(=O)[C@@H](C)OC(=O)c2cc(S(=O)(=O)Nc3ccc(C)cc3)ccc2C)cc1. The van der Waals surface area contributed by atoms with Gasteiger partial charge in [0.2, 0.25) is 0 Å². The van der Waals surface area contributed by atoms with Crippen LogP contribution in [0.4, 0.5) is 11.4 Å². The van der Waals surface area contributed by atoms with E-state index < -0.39 is 28.0 Å². The Morgan fingerprint density at radius 2 is 1.46 bits per heavy atom. The van der Waals surface area contributed by atoms with Crippen molar-refractivity contribution in [1.29, 1.82) is 0 Å². The maximum atomic E-state index is 12.8. The maximum absolute atomic E-state index is 12.8. The number of amides is 1. The molecule has 0 unspecified atom stereocenters. The minimum Gasteiger partial charge on any atom is -0.449 e. The molecule has 0 aliphatic rings. The predicted octanol–water partition coefficient (Wildman–Crippen LogP) is 4.49. The van der Waals surface area contributed by atoms with Gasteiger partial charge in [0.1, 0.15) is 0 Å². The number of esters is 1. The normalized spacial score (nSPS) is 11.9. The van der Waals surface area contributed by atoms with E-state index in [1.165, 1.54) is 32.0 Å².